The largest absolute Gasteiger partial charge is 0.486 e. The first-order valence-corrected chi connectivity index (χ1v) is 10.6. The topological polar surface area (TPSA) is 54.9 Å². The fourth-order valence-corrected chi connectivity index (χ4v) is 4.25. The molecule has 1 aliphatic rings. The lowest BCUT2D eigenvalue weighted by Gasteiger charge is -2.22. The average Bonchev–Trinajstić information content (AvgIpc) is 3.13. The Hall–Kier alpha value is -2.35. The maximum Gasteiger partial charge on any atom is 0.229 e. The number of carbonyl (C=O) groups is 1. The number of hydrogen-bond acceptors (Lipinski definition) is 6. The smallest absolute Gasteiger partial charge is 0.229 e. The number of nitrogens with zero attached hydrogens (tertiary/aromatic N) is 3. The lowest BCUT2D eigenvalue weighted by molar-refractivity contribution is -0.118. The van der Waals surface area contributed by atoms with Gasteiger partial charge in [0, 0.05) is 31.6 Å². The van der Waals surface area contributed by atoms with Crippen LogP contribution in [-0.4, -0.2) is 56.2 Å². The first kappa shape index (κ1) is 22.3. The summed E-state index contributed by atoms with van der Waals surface area (Å²) in [5.41, 5.74) is 2.00. The summed E-state index contributed by atoms with van der Waals surface area (Å²) < 4.78 is 12.3. The van der Waals surface area contributed by atoms with Gasteiger partial charge in [-0.05, 0) is 26.1 Å². The number of aromatic nitrogens is 1. The van der Waals surface area contributed by atoms with E-state index >= 15 is 0 Å². The molecule has 3 aromatic rings. The molecular weight excluding hydrogens is 422 g/mol. The minimum absolute atomic E-state index is 0. The molecule has 0 saturated heterocycles. The number of amides is 1. The maximum absolute atomic E-state index is 13.1. The van der Waals surface area contributed by atoms with Crippen LogP contribution in [0.15, 0.2) is 42.5 Å². The number of aryl methyl sites for hydroxylation is 1. The van der Waals surface area contributed by atoms with Crippen LogP contribution in [-0.2, 0) is 11.2 Å². The Morgan fingerprint density at radius 3 is 2.47 bits per heavy atom. The van der Waals surface area contributed by atoms with Crippen LogP contribution in [0, 0.1) is 0 Å². The van der Waals surface area contributed by atoms with Gasteiger partial charge < -0.3 is 14.4 Å². The number of anilines is 1. The number of carbonyl (C=O) groups excluding carboxylic acids is 1. The summed E-state index contributed by atoms with van der Waals surface area (Å²) in [5, 5.41) is 0.724. The van der Waals surface area contributed by atoms with Crippen molar-refractivity contribution in [2.24, 2.45) is 0 Å². The molecule has 0 saturated carbocycles. The molecule has 1 amide bonds. The molecular formula is C22H26ClN3O3S. The number of fused-ring (bicyclic) bond motifs is 2. The van der Waals surface area contributed by atoms with E-state index < -0.39 is 0 Å². The van der Waals surface area contributed by atoms with Crippen LogP contribution in [0.1, 0.15) is 12.0 Å². The molecule has 0 unspecified atom stereocenters. The minimum atomic E-state index is 0. The molecule has 0 spiro atoms. The van der Waals surface area contributed by atoms with Gasteiger partial charge in [-0.2, -0.15) is 0 Å². The summed E-state index contributed by atoms with van der Waals surface area (Å²) in [4.78, 5) is 21.7. The average molecular weight is 448 g/mol. The van der Waals surface area contributed by atoms with E-state index in [9.17, 15) is 4.79 Å². The van der Waals surface area contributed by atoms with Gasteiger partial charge in [0.2, 0.25) is 5.91 Å². The standard InChI is InChI=1S/C22H25N3O3S.ClH/c1-24(2)10-11-25(21(26)9-8-16-6-4-3-5-7-16)22-23-17-14-18-19(15-20(17)29-22)28-13-12-27-18;/h3-7,14-15H,8-13H2,1-2H3;1H. The minimum Gasteiger partial charge on any atom is -0.486 e. The maximum atomic E-state index is 13.1. The molecule has 8 heteroatoms. The van der Waals surface area contributed by atoms with Crippen LogP contribution in [0.5, 0.6) is 11.5 Å². The molecule has 6 nitrogen and oxygen atoms in total. The lowest BCUT2D eigenvalue weighted by atomic mass is 10.1. The van der Waals surface area contributed by atoms with Gasteiger partial charge in [-0.3, -0.25) is 9.69 Å². The summed E-state index contributed by atoms with van der Waals surface area (Å²) in [7, 11) is 4.02. The second-order valence-corrected chi connectivity index (χ2v) is 8.30. The molecule has 160 valence electrons. The van der Waals surface area contributed by atoms with E-state index in [1.807, 2.05) is 49.3 Å². The third-order valence-electron chi connectivity index (χ3n) is 4.81. The zero-order valence-electron chi connectivity index (χ0n) is 17.2. The second kappa shape index (κ2) is 10.1. The number of likely N-dealkylation sites (N-methyl/N-ethyl adjacent to an activating group) is 1. The van der Waals surface area contributed by atoms with Gasteiger partial charge in [-0.15, -0.1) is 12.4 Å². The van der Waals surface area contributed by atoms with Crippen LogP contribution in [0.2, 0.25) is 0 Å². The van der Waals surface area contributed by atoms with Crippen molar-refractivity contribution in [3.05, 3.63) is 48.0 Å². The molecule has 2 heterocycles. The van der Waals surface area contributed by atoms with E-state index in [4.69, 9.17) is 14.5 Å². The Morgan fingerprint density at radius 1 is 1.07 bits per heavy atom. The van der Waals surface area contributed by atoms with Crippen LogP contribution in [0.3, 0.4) is 0 Å². The number of thiazole rings is 1. The highest BCUT2D eigenvalue weighted by Gasteiger charge is 2.21. The Balaban J connectivity index is 0.00000256. The van der Waals surface area contributed by atoms with Crippen LogP contribution < -0.4 is 14.4 Å². The van der Waals surface area contributed by atoms with Crippen molar-refractivity contribution < 1.29 is 14.3 Å². The number of rotatable bonds is 7. The highest BCUT2D eigenvalue weighted by molar-refractivity contribution is 7.22. The molecule has 4 rings (SSSR count). The van der Waals surface area contributed by atoms with Crippen molar-refractivity contribution in [2.75, 3.05) is 45.3 Å². The van der Waals surface area contributed by atoms with Gasteiger partial charge in [0.05, 0.1) is 10.2 Å². The molecule has 2 aromatic carbocycles. The summed E-state index contributed by atoms with van der Waals surface area (Å²) in [6.45, 7) is 2.47. The summed E-state index contributed by atoms with van der Waals surface area (Å²) in [6.07, 6.45) is 1.18. The van der Waals surface area contributed by atoms with Gasteiger partial charge in [-0.1, -0.05) is 41.7 Å². The molecule has 0 fully saturated rings. The van der Waals surface area contributed by atoms with Crippen molar-refractivity contribution in [3.8, 4) is 11.5 Å². The number of ether oxygens (including phenoxy) is 2. The second-order valence-electron chi connectivity index (χ2n) is 7.29. The van der Waals surface area contributed by atoms with Crippen molar-refractivity contribution in [1.29, 1.82) is 0 Å². The van der Waals surface area contributed by atoms with Crippen molar-refractivity contribution in [3.63, 3.8) is 0 Å². The predicted molar refractivity (Wildman–Crippen MR) is 124 cm³/mol. The molecule has 0 atom stereocenters. The molecule has 30 heavy (non-hydrogen) atoms. The SMILES string of the molecule is CN(C)CCN(C(=O)CCc1ccccc1)c1nc2cc3c(cc2s1)OCCO3.Cl. The highest BCUT2D eigenvalue weighted by Crippen LogP contribution is 2.38. The Labute approximate surface area is 186 Å². The van der Waals surface area contributed by atoms with Gasteiger partial charge in [0.15, 0.2) is 16.6 Å². The van der Waals surface area contributed by atoms with E-state index in [2.05, 4.69) is 17.0 Å². The van der Waals surface area contributed by atoms with Crippen LogP contribution in [0.4, 0.5) is 5.13 Å². The number of halogens is 1. The predicted octanol–water partition coefficient (Wildman–Crippen LogP) is 4.02. The molecule has 1 aliphatic heterocycles. The number of hydrogen-bond donors (Lipinski definition) is 0. The monoisotopic (exact) mass is 447 g/mol. The van der Waals surface area contributed by atoms with Gasteiger partial charge in [-0.25, -0.2) is 4.98 Å². The normalized spacial score (nSPS) is 12.6. The Morgan fingerprint density at radius 2 is 1.77 bits per heavy atom. The van der Waals surface area contributed by atoms with Gasteiger partial charge >= 0.3 is 0 Å². The van der Waals surface area contributed by atoms with E-state index in [1.165, 1.54) is 16.9 Å². The van der Waals surface area contributed by atoms with Crippen molar-refractivity contribution >= 4 is 45.0 Å². The molecule has 0 bridgehead atoms. The van der Waals surface area contributed by atoms with E-state index in [1.54, 1.807) is 0 Å². The third kappa shape index (κ3) is 5.22. The van der Waals surface area contributed by atoms with Gasteiger partial charge in [0.25, 0.3) is 0 Å². The Kier molecular flexibility index (Phi) is 7.53. The van der Waals surface area contributed by atoms with Crippen LogP contribution in [0.25, 0.3) is 10.2 Å². The molecule has 1 aromatic heterocycles. The lowest BCUT2D eigenvalue weighted by Crippen LogP contribution is -2.36. The number of benzene rings is 2. The molecule has 0 aliphatic carbocycles. The Bertz CT molecular complexity index is 951. The zero-order valence-corrected chi connectivity index (χ0v) is 18.8. The summed E-state index contributed by atoms with van der Waals surface area (Å²) in [6, 6.07) is 14.0. The summed E-state index contributed by atoms with van der Waals surface area (Å²) >= 11 is 1.52. The van der Waals surface area contributed by atoms with E-state index in [0.29, 0.717) is 26.2 Å². The highest BCUT2D eigenvalue weighted by atomic mass is 35.5. The quantitative estimate of drug-likeness (QED) is 0.547. The van der Waals surface area contributed by atoms with E-state index in [0.717, 1.165) is 39.8 Å². The van der Waals surface area contributed by atoms with E-state index in [-0.39, 0.29) is 18.3 Å². The fourth-order valence-electron chi connectivity index (χ4n) is 3.23. The van der Waals surface area contributed by atoms with Crippen LogP contribution >= 0.6 is 23.7 Å². The summed E-state index contributed by atoms with van der Waals surface area (Å²) in [5.74, 6) is 1.55. The third-order valence-corrected chi connectivity index (χ3v) is 5.86. The van der Waals surface area contributed by atoms with Crippen molar-refractivity contribution in [2.45, 2.75) is 12.8 Å². The zero-order chi connectivity index (χ0) is 20.2. The molecule has 0 N–H and O–H groups in total. The molecule has 0 radical (unpaired) electrons. The fraction of sp³-hybridized carbons (Fsp3) is 0.364. The first-order chi connectivity index (χ1) is 14.1. The van der Waals surface area contributed by atoms with Crippen molar-refractivity contribution in [1.82, 2.24) is 9.88 Å². The van der Waals surface area contributed by atoms with Gasteiger partial charge in [0.1, 0.15) is 13.2 Å². The first-order valence-electron chi connectivity index (χ1n) is 9.79.